The molecule has 0 saturated carbocycles. The molecule has 40 heavy (non-hydrogen) atoms. The van der Waals surface area contributed by atoms with Crippen LogP contribution in [-0.4, -0.2) is 70.7 Å². The van der Waals surface area contributed by atoms with E-state index in [0.717, 1.165) is 23.6 Å². The summed E-state index contributed by atoms with van der Waals surface area (Å²) in [5.41, 5.74) is 2.62. The second kappa shape index (κ2) is 12.1. The third kappa shape index (κ3) is 6.37. The SMILES string of the molecule is C=CC(=O)Nc1cc(Nc2ncc(F)c(-c3cn(C)c4ccccc34)n2)c(OC(C)C)nc1N(C)CCN(C)C. The summed E-state index contributed by atoms with van der Waals surface area (Å²) in [6, 6.07) is 9.44. The molecule has 0 bridgehead atoms. The number of nitrogens with zero attached hydrogens (tertiary/aromatic N) is 6. The first kappa shape index (κ1) is 28.5. The maximum absolute atomic E-state index is 15.0. The molecule has 0 aliphatic carbocycles. The van der Waals surface area contributed by atoms with Gasteiger partial charge in [-0.25, -0.2) is 14.4 Å². The Hall–Kier alpha value is -4.51. The van der Waals surface area contributed by atoms with Gasteiger partial charge in [-0.05, 0) is 46.2 Å². The fourth-order valence-electron chi connectivity index (χ4n) is 4.18. The molecule has 3 aromatic heterocycles. The maximum Gasteiger partial charge on any atom is 0.247 e. The molecule has 0 atom stereocenters. The van der Waals surface area contributed by atoms with E-state index in [1.54, 1.807) is 6.07 Å². The summed E-state index contributed by atoms with van der Waals surface area (Å²) in [7, 11) is 7.76. The summed E-state index contributed by atoms with van der Waals surface area (Å²) in [6.07, 6.45) is 3.97. The number of ether oxygens (including phenoxy) is 1. The van der Waals surface area contributed by atoms with Gasteiger partial charge in [-0.2, -0.15) is 4.98 Å². The lowest BCUT2D eigenvalue weighted by Crippen LogP contribution is -2.30. The average Bonchev–Trinajstić information content (AvgIpc) is 3.25. The van der Waals surface area contributed by atoms with E-state index in [1.807, 2.05) is 82.0 Å². The zero-order valence-electron chi connectivity index (χ0n) is 23.7. The van der Waals surface area contributed by atoms with E-state index in [2.05, 4.69) is 32.1 Å². The Morgan fingerprint density at radius 3 is 2.62 bits per heavy atom. The van der Waals surface area contributed by atoms with Gasteiger partial charge in [0.25, 0.3) is 0 Å². The highest BCUT2D eigenvalue weighted by Gasteiger charge is 2.21. The van der Waals surface area contributed by atoms with Gasteiger partial charge in [0.1, 0.15) is 11.4 Å². The molecular formula is C29H35FN8O2. The maximum atomic E-state index is 15.0. The first-order valence-electron chi connectivity index (χ1n) is 12.9. The second-order valence-corrected chi connectivity index (χ2v) is 9.98. The number of fused-ring (bicyclic) bond motifs is 1. The molecule has 0 saturated heterocycles. The highest BCUT2D eigenvalue weighted by Crippen LogP contribution is 2.36. The molecule has 11 heteroatoms. The van der Waals surface area contributed by atoms with Crippen molar-refractivity contribution in [2.75, 3.05) is 49.8 Å². The number of rotatable bonds is 11. The van der Waals surface area contributed by atoms with Gasteiger partial charge in [-0.15, -0.1) is 0 Å². The summed E-state index contributed by atoms with van der Waals surface area (Å²) >= 11 is 0. The molecule has 0 spiro atoms. The Labute approximate surface area is 233 Å². The van der Waals surface area contributed by atoms with Crippen LogP contribution < -0.4 is 20.3 Å². The topological polar surface area (TPSA) is 100 Å². The van der Waals surface area contributed by atoms with E-state index in [1.165, 1.54) is 6.08 Å². The normalized spacial score (nSPS) is 11.2. The van der Waals surface area contributed by atoms with E-state index < -0.39 is 5.82 Å². The highest BCUT2D eigenvalue weighted by molar-refractivity contribution is 6.01. The number of benzene rings is 1. The molecule has 0 radical (unpaired) electrons. The molecule has 0 aliphatic rings. The van der Waals surface area contributed by atoms with E-state index in [4.69, 9.17) is 9.72 Å². The second-order valence-electron chi connectivity index (χ2n) is 9.98. The van der Waals surface area contributed by atoms with E-state index >= 15 is 4.39 Å². The predicted molar refractivity (Wildman–Crippen MR) is 158 cm³/mol. The van der Waals surface area contributed by atoms with Crippen LogP contribution in [0.15, 0.2) is 55.4 Å². The summed E-state index contributed by atoms with van der Waals surface area (Å²) in [5.74, 6) is 0.0291. The third-order valence-corrected chi connectivity index (χ3v) is 6.14. The number of hydrogen-bond acceptors (Lipinski definition) is 8. The van der Waals surface area contributed by atoms with Gasteiger partial charge in [0.15, 0.2) is 11.6 Å². The van der Waals surface area contributed by atoms with Gasteiger partial charge < -0.3 is 29.7 Å². The first-order chi connectivity index (χ1) is 19.1. The van der Waals surface area contributed by atoms with Crippen molar-refractivity contribution >= 4 is 40.0 Å². The zero-order chi connectivity index (χ0) is 29.0. The van der Waals surface area contributed by atoms with Crippen molar-refractivity contribution < 1.29 is 13.9 Å². The smallest absolute Gasteiger partial charge is 0.247 e. The summed E-state index contributed by atoms with van der Waals surface area (Å²) in [4.78, 5) is 29.7. The Morgan fingerprint density at radius 2 is 1.93 bits per heavy atom. The molecule has 4 rings (SSSR count). The van der Waals surface area contributed by atoms with E-state index in [-0.39, 0.29) is 29.5 Å². The largest absolute Gasteiger partial charge is 0.473 e. The first-order valence-corrected chi connectivity index (χ1v) is 12.9. The number of pyridine rings is 1. The number of anilines is 4. The fraction of sp³-hybridized carbons (Fsp3) is 0.310. The molecule has 1 aromatic carbocycles. The Bertz CT molecular complexity index is 1530. The number of hydrogen-bond donors (Lipinski definition) is 2. The fourth-order valence-corrected chi connectivity index (χ4v) is 4.18. The molecular weight excluding hydrogens is 511 g/mol. The molecule has 1 amide bonds. The summed E-state index contributed by atoms with van der Waals surface area (Å²) in [6.45, 7) is 8.76. The van der Waals surface area contributed by atoms with Crippen LogP contribution in [0.1, 0.15) is 13.8 Å². The minimum atomic E-state index is -0.546. The van der Waals surface area contributed by atoms with Crippen molar-refractivity contribution in [2.24, 2.45) is 7.05 Å². The number of aromatic nitrogens is 4. The Balaban J connectivity index is 1.78. The lowest BCUT2D eigenvalue weighted by Gasteiger charge is -2.25. The van der Waals surface area contributed by atoms with Crippen molar-refractivity contribution in [1.82, 2.24) is 24.4 Å². The predicted octanol–water partition coefficient (Wildman–Crippen LogP) is 4.82. The number of amides is 1. The number of para-hydroxylation sites is 1. The monoisotopic (exact) mass is 546 g/mol. The minimum Gasteiger partial charge on any atom is -0.473 e. The summed E-state index contributed by atoms with van der Waals surface area (Å²) in [5, 5.41) is 6.84. The molecule has 210 valence electrons. The molecule has 2 N–H and O–H groups in total. The molecule has 10 nitrogen and oxygen atoms in total. The van der Waals surface area contributed by atoms with Crippen LogP contribution in [0.5, 0.6) is 5.88 Å². The van der Waals surface area contributed by atoms with E-state index in [0.29, 0.717) is 29.3 Å². The van der Waals surface area contributed by atoms with Crippen LogP contribution in [0.3, 0.4) is 0 Å². The minimum absolute atomic E-state index is 0.148. The third-order valence-electron chi connectivity index (χ3n) is 6.14. The van der Waals surface area contributed by atoms with Crippen molar-refractivity contribution in [3.63, 3.8) is 0 Å². The highest BCUT2D eigenvalue weighted by atomic mass is 19.1. The molecule has 0 fully saturated rings. The number of nitrogens with one attached hydrogen (secondary N) is 2. The summed E-state index contributed by atoms with van der Waals surface area (Å²) < 4.78 is 23.0. The van der Waals surface area contributed by atoms with Crippen LogP contribution in [0.4, 0.5) is 27.5 Å². The van der Waals surface area contributed by atoms with Crippen LogP contribution in [0.2, 0.25) is 0 Å². The number of halogens is 1. The molecule has 0 aliphatic heterocycles. The van der Waals surface area contributed by atoms with Crippen molar-refractivity contribution in [2.45, 2.75) is 20.0 Å². The van der Waals surface area contributed by atoms with Gasteiger partial charge in [0, 0.05) is 49.8 Å². The Morgan fingerprint density at radius 1 is 1.18 bits per heavy atom. The van der Waals surface area contributed by atoms with Crippen molar-refractivity contribution in [3.05, 3.63) is 61.2 Å². The van der Waals surface area contributed by atoms with Crippen LogP contribution in [0.25, 0.3) is 22.2 Å². The molecule has 0 unspecified atom stereocenters. The van der Waals surface area contributed by atoms with Crippen molar-refractivity contribution in [3.8, 4) is 17.1 Å². The lowest BCUT2D eigenvalue weighted by molar-refractivity contribution is -0.111. The van der Waals surface area contributed by atoms with Crippen molar-refractivity contribution in [1.29, 1.82) is 0 Å². The number of carbonyl (C=O) groups excluding carboxylic acids is 1. The number of aryl methyl sites for hydroxylation is 1. The van der Waals surface area contributed by atoms with E-state index in [9.17, 15) is 4.79 Å². The zero-order valence-corrected chi connectivity index (χ0v) is 23.7. The Kier molecular flexibility index (Phi) is 8.64. The standard InChI is InChI=1S/C29H35FN8O2/c1-8-25(39)32-22-15-23(28(40-18(2)3)35-27(22)37(6)14-13-36(4)5)33-29-31-16-21(30)26(34-29)20-17-38(7)24-12-10-9-11-19(20)24/h8-12,15-18H,1,13-14H2,2-7H3,(H,32,39)(H,31,33,34). The molecule has 3 heterocycles. The van der Waals surface area contributed by atoms with Crippen LogP contribution in [0, 0.1) is 5.82 Å². The number of carbonyl (C=O) groups is 1. The lowest BCUT2D eigenvalue weighted by atomic mass is 10.1. The van der Waals surface area contributed by atoms with Gasteiger partial charge in [-0.1, -0.05) is 24.8 Å². The van der Waals surface area contributed by atoms with Gasteiger partial charge in [-0.3, -0.25) is 4.79 Å². The van der Waals surface area contributed by atoms with Gasteiger partial charge in [0.2, 0.25) is 17.7 Å². The quantitative estimate of drug-likeness (QED) is 0.258. The van der Waals surface area contributed by atoms with Gasteiger partial charge >= 0.3 is 0 Å². The number of likely N-dealkylation sites (N-methyl/N-ethyl adjacent to an activating group) is 2. The van der Waals surface area contributed by atoms with Gasteiger partial charge in [0.05, 0.1) is 18.0 Å². The average molecular weight is 547 g/mol. The molecule has 4 aromatic rings. The van der Waals surface area contributed by atoms with Crippen LogP contribution >= 0.6 is 0 Å². The van der Waals surface area contributed by atoms with Crippen LogP contribution in [-0.2, 0) is 11.8 Å².